The first-order chi connectivity index (χ1) is 19.8. The molecule has 2 aliphatic rings. The average Bonchev–Trinajstić information content (AvgIpc) is 2.99. The van der Waals surface area contributed by atoms with Gasteiger partial charge in [0.05, 0.1) is 34.8 Å². The molecule has 3 aromatic rings. The Morgan fingerprint density at radius 3 is 2.46 bits per heavy atom. The standard InChI is InChI=1S/C29H37ClN6O3S2/c1-20(2)41(37,38)27-7-5-4-6-25(27)32-28-23(30)19-31-29(34-28)33-24-9-8-22(18-26(24)39-3)35-12-10-21(11-13-35)36-14-16-40-17-15-36/h4-9,18-21H,10-17H2,1-3H3,(H2,31,32,33,34). The third-order valence-electron chi connectivity index (χ3n) is 7.63. The van der Waals surface area contributed by atoms with Gasteiger partial charge in [-0.15, -0.1) is 0 Å². The zero-order chi connectivity index (χ0) is 29.0. The highest BCUT2D eigenvalue weighted by atomic mass is 35.5. The van der Waals surface area contributed by atoms with E-state index in [0.29, 0.717) is 34.9 Å². The monoisotopic (exact) mass is 616 g/mol. The first-order valence-electron chi connectivity index (χ1n) is 13.9. The molecular formula is C29H37ClN6O3S2. The van der Waals surface area contributed by atoms with Crippen molar-refractivity contribution in [1.82, 2.24) is 14.9 Å². The Balaban J connectivity index is 1.30. The number of thioether (sulfide) groups is 1. The Labute approximate surface area is 252 Å². The van der Waals surface area contributed by atoms with Crippen LogP contribution >= 0.6 is 23.4 Å². The maximum atomic E-state index is 12.9. The number of rotatable bonds is 9. The lowest BCUT2D eigenvalue weighted by atomic mass is 10.0. The number of anilines is 5. The molecule has 2 fully saturated rings. The van der Waals surface area contributed by atoms with E-state index in [2.05, 4.69) is 48.2 Å². The number of halogens is 1. The third kappa shape index (κ3) is 6.85. The number of benzene rings is 2. The smallest absolute Gasteiger partial charge is 0.229 e. The van der Waals surface area contributed by atoms with Crippen LogP contribution in [-0.2, 0) is 9.84 Å². The number of ether oxygens (including phenoxy) is 1. The number of nitrogens with zero attached hydrogens (tertiary/aromatic N) is 4. The number of sulfone groups is 1. The predicted octanol–water partition coefficient (Wildman–Crippen LogP) is 5.83. The van der Waals surface area contributed by atoms with Crippen molar-refractivity contribution in [2.24, 2.45) is 0 Å². The van der Waals surface area contributed by atoms with Crippen LogP contribution in [0.2, 0.25) is 5.02 Å². The van der Waals surface area contributed by atoms with Crippen LogP contribution in [0.5, 0.6) is 5.75 Å². The Morgan fingerprint density at radius 2 is 1.76 bits per heavy atom. The van der Waals surface area contributed by atoms with E-state index in [1.807, 2.05) is 12.1 Å². The zero-order valence-electron chi connectivity index (χ0n) is 23.6. The second-order valence-electron chi connectivity index (χ2n) is 10.5. The fraction of sp³-hybridized carbons (Fsp3) is 0.448. The lowest BCUT2D eigenvalue weighted by Crippen LogP contribution is -2.47. The van der Waals surface area contributed by atoms with Crippen molar-refractivity contribution in [2.45, 2.75) is 42.9 Å². The van der Waals surface area contributed by atoms with E-state index in [-0.39, 0.29) is 9.92 Å². The molecule has 2 aliphatic heterocycles. The maximum absolute atomic E-state index is 12.9. The van der Waals surface area contributed by atoms with Gasteiger partial charge < -0.3 is 20.3 Å². The molecule has 0 bridgehead atoms. The van der Waals surface area contributed by atoms with E-state index in [4.69, 9.17) is 16.3 Å². The SMILES string of the molecule is COc1cc(N2CCC(N3CCSCC3)CC2)ccc1Nc1ncc(Cl)c(Nc2ccccc2S(=O)(=O)C(C)C)n1. The summed E-state index contributed by atoms with van der Waals surface area (Å²) in [6.45, 7) is 7.76. The number of para-hydroxylation sites is 1. The molecule has 9 nitrogen and oxygen atoms in total. The lowest BCUT2D eigenvalue weighted by Gasteiger charge is -2.40. The summed E-state index contributed by atoms with van der Waals surface area (Å²) in [4.78, 5) is 14.1. The van der Waals surface area contributed by atoms with Crippen molar-refractivity contribution >= 4 is 62.0 Å². The van der Waals surface area contributed by atoms with Gasteiger partial charge in [0.1, 0.15) is 10.8 Å². The number of aromatic nitrogens is 2. The van der Waals surface area contributed by atoms with Crippen LogP contribution in [0.1, 0.15) is 26.7 Å². The van der Waals surface area contributed by atoms with Crippen LogP contribution in [0.25, 0.3) is 0 Å². The quantitative estimate of drug-likeness (QED) is 0.306. The summed E-state index contributed by atoms with van der Waals surface area (Å²) in [5.74, 6) is 3.76. The highest BCUT2D eigenvalue weighted by molar-refractivity contribution is 7.99. The van der Waals surface area contributed by atoms with Gasteiger partial charge in [0.25, 0.3) is 0 Å². The van der Waals surface area contributed by atoms with Crippen molar-refractivity contribution in [3.8, 4) is 5.75 Å². The van der Waals surface area contributed by atoms with E-state index in [0.717, 1.165) is 18.8 Å². The van der Waals surface area contributed by atoms with Gasteiger partial charge in [0.15, 0.2) is 15.7 Å². The Morgan fingerprint density at radius 1 is 1.02 bits per heavy atom. The van der Waals surface area contributed by atoms with Gasteiger partial charge in [-0.2, -0.15) is 16.7 Å². The Kier molecular flexibility index (Phi) is 9.48. The van der Waals surface area contributed by atoms with Gasteiger partial charge in [0.2, 0.25) is 5.95 Å². The summed E-state index contributed by atoms with van der Waals surface area (Å²) < 4.78 is 31.5. The number of hydrogen-bond acceptors (Lipinski definition) is 10. The molecule has 12 heteroatoms. The molecule has 2 N–H and O–H groups in total. The fourth-order valence-electron chi connectivity index (χ4n) is 5.25. The molecule has 3 heterocycles. The number of methoxy groups -OCH3 is 1. The van der Waals surface area contributed by atoms with Crippen molar-refractivity contribution in [3.05, 3.63) is 53.7 Å². The second-order valence-corrected chi connectivity index (χ2v) is 14.6. The summed E-state index contributed by atoms with van der Waals surface area (Å²) >= 11 is 8.46. The van der Waals surface area contributed by atoms with Crippen LogP contribution in [0, 0.1) is 0 Å². The van der Waals surface area contributed by atoms with Crippen molar-refractivity contribution in [3.63, 3.8) is 0 Å². The molecule has 220 valence electrons. The van der Waals surface area contributed by atoms with Crippen LogP contribution < -0.4 is 20.3 Å². The maximum Gasteiger partial charge on any atom is 0.229 e. The molecule has 2 saturated heterocycles. The molecule has 0 unspecified atom stereocenters. The topological polar surface area (TPSA) is 99.7 Å². The van der Waals surface area contributed by atoms with Crippen molar-refractivity contribution in [2.75, 3.05) is 60.3 Å². The fourth-order valence-corrected chi connectivity index (χ4v) is 7.52. The highest BCUT2D eigenvalue weighted by Gasteiger charge is 2.26. The zero-order valence-corrected chi connectivity index (χ0v) is 26.0. The molecule has 1 aromatic heterocycles. The minimum atomic E-state index is -3.52. The number of nitrogens with one attached hydrogen (secondary N) is 2. The summed E-state index contributed by atoms with van der Waals surface area (Å²) in [5, 5.41) is 6.01. The largest absolute Gasteiger partial charge is 0.494 e. The number of hydrogen-bond donors (Lipinski definition) is 2. The normalized spacial score (nSPS) is 17.0. The molecule has 41 heavy (non-hydrogen) atoms. The van der Waals surface area contributed by atoms with E-state index in [9.17, 15) is 8.42 Å². The molecule has 0 radical (unpaired) electrons. The van der Waals surface area contributed by atoms with E-state index in [1.54, 1.807) is 45.2 Å². The van der Waals surface area contributed by atoms with Crippen LogP contribution in [0.15, 0.2) is 53.6 Å². The van der Waals surface area contributed by atoms with E-state index in [1.165, 1.54) is 43.6 Å². The van der Waals surface area contributed by atoms with Gasteiger partial charge in [-0.3, -0.25) is 4.90 Å². The molecule has 0 spiro atoms. The molecule has 0 atom stereocenters. The minimum Gasteiger partial charge on any atom is -0.494 e. The van der Waals surface area contributed by atoms with Crippen molar-refractivity contribution < 1.29 is 13.2 Å². The van der Waals surface area contributed by atoms with Crippen LogP contribution in [-0.4, -0.2) is 79.4 Å². The average molecular weight is 617 g/mol. The second kappa shape index (κ2) is 13.1. The van der Waals surface area contributed by atoms with Gasteiger partial charge in [-0.25, -0.2) is 13.4 Å². The summed E-state index contributed by atoms with van der Waals surface area (Å²) in [6.07, 6.45) is 3.82. The van der Waals surface area contributed by atoms with E-state index >= 15 is 0 Å². The Hall–Kier alpha value is -2.73. The molecular weight excluding hydrogens is 580 g/mol. The Bertz CT molecular complexity index is 1460. The van der Waals surface area contributed by atoms with Crippen molar-refractivity contribution in [1.29, 1.82) is 0 Å². The highest BCUT2D eigenvalue weighted by Crippen LogP contribution is 2.35. The molecule has 2 aromatic carbocycles. The summed E-state index contributed by atoms with van der Waals surface area (Å²) in [7, 11) is -1.87. The lowest BCUT2D eigenvalue weighted by molar-refractivity contribution is 0.186. The van der Waals surface area contributed by atoms with Gasteiger partial charge in [-0.1, -0.05) is 23.7 Å². The summed E-state index contributed by atoms with van der Waals surface area (Å²) in [6, 6.07) is 13.5. The van der Waals surface area contributed by atoms with Gasteiger partial charge in [-0.05, 0) is 51.0 Å². The third-order valence-corrected chi connectivity index (χ3v) is 11.1. The molecule has 5 rings (SSSR count). The first-order valence-corrected chi connectivity index (χ1v) is 17.0. The van der Waals surface area contributed by atoms with E-state index < -0.39 is 15.1 Å². The van der Waals surface area contributed by atoms with Gasteiger partial charge >= 0.3 is 0 Å². The number of piperidine rings is 1. The predicted molar refractivity (Wildman–Crippen MR) is 169 cm³/mol. The molecule has 0 aliphatic carbocycles. The van der Waals surface area contributed by atoms with Crippen LogP contribution in [0.4, 0.5) is 28.8 Å². The molecule has 0 amide bonds. The molecule has 0 saturated carbocycles. The first kappa shape index (κ1) is 29.8. The summed E-state index contributed by atoms with van der Waals surface area (Å²) in [5.41, 5.74) is 2.24. The minimum absolute atomic E-state index is 0.190. The van der Waals surface area contributed by atoms with Crippen LogP contribution in [0.3, 0.4) is 0 Å². The van der Waals surface area contributed by atoms with Gasteiger partial charge in [0, 0.05) is 55.5 Å².